The van der Waals surface area contributed by atoms with Crippen LogP contribution in [0.3, 0.4) is 0 Å². The van der Waals surface area contributed by atoms with Gasteiger partial charge < -0.3 is 41.2 Å². The minimum absolute atomic E-state index is 0. The fourth-order valence-corrected chi connectivity index (χ4v) is 13.3. The second-order valence-corrected chi connectivity index (χ2v) is 25.3. The van der Waals surface area contributed by atoms with Crippen molar-refractivity contribution >= 4 is 72.4 Å². The van der Waals surface area contributed by atoms with Gasteiger partial charge in [-0.15, -0.1) is 6.42 Å². The molecule has 102 heavy (non-hydrogen) atoms. The van der Waals surface area contributed by atoms with Gasteiger partial charge in [0.15, 0.2) is 16.9 Å². The highest BCUT2D eigenvalue weighted by Crippen LogP contribution is 2.40. The van der Waals surface area contributed by atoms with Gasteiger partial charge in [0.1, 0.15) is 88.0 Å². The summed E-state index contributed by atoms with van der Waals surface area (Å²) in [5.41, 5.74) is 25.4. The molecule has 1 aliphatic carbocycles. The van der Waals surface area contributed by atoms with Crippen molar-refractivity contribution < 1.29 is 32.2 Å². The van der Waals surface area contributed by atoms with Gasteiger partial charge >= 0.3 is 0 Å². The Balaban J connectivity index is 0.000000163. The number of sulfonamides is 1. The van der Waals surface area contributed by atoms with Crippen molar-refractivity contribution in [3.05, 3.63) is 207 Å². The zero-order valence-electron chi connectivity index (χ0n) is 53.6. The SMILES string of the molecule is C.C.C.C#CC(=O)N1CCC(n2nc(-c3ccc(Oc4ccccc4)cc3)c3c(N)ncnc32)C1.C=CC(=O)N1CCC(n2nc(-c3ccc(Oc4ccccc4)cc3)c3c(N)ncnc32)C1.C=CS(=O)(=O)NC1CCC(n2nc(-c3ccc(Oc4ccccc4)cc3)c3c(N)ncnc32)CC1. The molecule has 2 amide bonds. The molecule has 3 aliphatic rings. The lowest BCUT2D eigenvalue weighted by Crippen LogP contribution is -2.37. The van der Waals surface area contributed by atoms with E-state index < -0.39 is 10.0 Å². The van der Waals surface area contributed by atoms with E-state index in [2.05, 4.69) is 53.7 Å². The van der Waals surface area contributed by atoms with Crippen molar-refractivity contribution in [2.75, 3.05) is 43.4 Å². The number of ether oxygens (including phenoxy) is 3. The Morgan fingerprint density at radius 3 is 1.15 bits per heavy atom. The van der Waals surface area contributed by atoms with Gasteiger partial charge in [-0.05, 0) is 160 Å². The summed E-state index contributed by atoms with van der Waals surface area (Å²) in [6, 6.07) is 51.7. The topological polar surface area (TPSA) is 323 Å². The highest BCUT2D eigenvalue weighted by atomic mass is 32.2. The summed E-state index contributed by atoms with van der Waals surface area (Å²) >= 11 is 0. The van der Waals surface area contributed by atoms with Crippen molar-refractivity contribution in [2.45, 2.75) is 85.0 Å². The van der Waals surface area contributed by atoms with Gasteiger partial charge in [0.25, 0.3) is 5.91 Å². The van der Waals surface area contributed by atoms with E-state index in [0.29, 0.717) is 118 Å². The number of nitrogens with one attached hydrogen (secondary N) is 1. The van der Waals surface area contributed by atoms with Crippen LogP contribution in [-0.2, 0) is 19.6 Å². The van der Waals surface area contributed by atoms with E-state index in [9.17, 15) is 18.0 Å². The second kappa shape index (κ2) is 32.1. The minimum Gasteiger partial charge on any atom is -0.457 e. The number of carbonyl (C=O) groups excluding carboxylic acids is 2. The number of hydrogen-bond acceptors (Lipinski definition) is 19. The summed E-state index contributed by atoms with van der Waals surface area (Å²) in [5, 5.41) is 17.7. The molecule has 0 bridgehead atoms. The number of terminal acetylenes is 1. The first-order chi connectivity index (χ1) is 48.2. The average molecular weight is 1390 g/mol. The molecule has 522 valence electrons. The molecule has 3 fully saturated rings. The molecular formula is C76H80N18O7S. The van der Waals surface area contributed by atoms with Crippen molar-refractivity contribution in [1.29, 1.82) is 0 Å². The molecule has 0 spiro atoms. The molecule has 0 radical (unpaired) electrons. The zero-order valence-corrected chi connectivity index (χ0v) is 54.4. The number of fused-ring (bicyclic) bond motifs is 3. The van der Waals surface area contributed by atoms with Gasteiger partial charge in [-0.2, -0.15) is 15.3 Å². The van der Waals surface area contributed by atoms with E-state index in [0.717, 1.165) is 70.8 Å². The third kappa shape index (κ3) is 15.9. The Morgan fingerprint density at radius 2 is 0.804 bits per heavy atom. The van der Waals surface area contributed by atoms with Crippen molar-refractivity contribution in [3.63, 3.8) is 0 Å². The number of anilines is 3. The third-order valence-electron chi connectivity index (χ3n) is 17.4. The van der Waals surface area contributed by atoms with Crippen LogP contribution in [0.4, 0.5) is 17.5 Å². The first-order valence-corrected chi connectivity index (χ1v) is 33.5. The summed E-state index contributed by atoms with van der Waals surface area (Å²) in [5.74, 6) is 7.34. The first kappa shape index (κ1) is 72.4. The number of rotatable bonds is 16. The molecule has 26 heteroatoms. The highest BCUT2D eigenvalue weighted by Gasteiger charge is 2.33. The molecule has 2 unspecified atom stereocenters. The molecular weight excluding hydrogens is 1310 g/mol. The van der Waals surface area contributed by atoms with Gasteiger partial charge in [-0.25, -0.2) is 57.1 Å². The molecule has 6 aromatic carbocycles. The number of benzene rings is 6. The number of likely N-dealkylation sites (tertiary alicyclic amines) is 2. The fraction of sp³-hybridized carbons (Fsp3) is 0.224. The van der Waals surface area contributed by atoms with Crippen LogP contribution in [-0.4, -0.2) is 121 Å². The zero-order chi connectivity index (χ0) is 68.6. The number of carbonyl (C=O) groups is 2. The smallest absolute Gasteiger partial charge is 0.298 e. The van der Waals surface area contributed by atoms with E-state index in [1.54, 1.807) is 9.80 Å². The van der Waals surface area contributed by atoms with Gasteiger partial charge in [-0.3, -0.25) is 9.59 Å². The van der Waals surface area contributed by atoms with Crippen LogP contribution in [0, 0.1) is 12.3 Å². The Bertz CT molecular complexity index is 5060. The first-order valence-electron chi connectivity index (χ1n) is 32.0. The van der Waals surface area contributed by atoms with Crippen molar-refractivity contribution in [2.24, 2.45) is 0 Å². The number of hydrogen-bond donors (Lipinski definition) is 4. The number of nitrogens with zero attached hydrogens (tertiary/aromatic N) is 14. The monoisotopic (exact) mass is 1390 g/mol. The lowest BCUT2D eigenvalue weighted by Gasteiger charge is -2.28. The summed E-state index contributed by atoms with van der Waals surface area (Å²) in [4.78, 5) is 53.2. The second-order valence-electron chi connectivity index (χ2n) is 23.7. The lowest BCUT2D eigenvalue weighted by molar-refractivity contribution is -0.125. The molecule has 2 atom stereocenters. The van der Waals surface area contributed by atoms with Crippen LogP contribution in [0.1, 0.15) is 78.9 Å². The maximum atomic E-state index is 12.0. The molecule has 12 aromatic rings. The van der Waals surface area contributed by atoms with Crippen LogP contribution < -0.4 is 36.1 Å². The normalized spacial score (nSPS) is 16.1. The summed E-state index contributed by atoms with van der Waals surface area (Å²) in [6.45, 7) is 9.20. The molecule has 7 N–H and O–H groups in total. The summed E-state index contributed by atoms with van der Waals surface area (Å²) in [7, 11) is -3.45. The van der Waals surface area contributed by atoms with Crippen LogP contribution >= 0.6 is 0 Å². The predicted octanol–water partition coefficient (Wildman–Crippen LogP) is 13.4. The van der Waals surface area contributed by atoms with E-state index in [4.69, 9.17) is 53.1 Å². The molecule has 6 aromatic heterocycles. The molecule has 25 nitrogen and oxygen atoms in total. The number of aromatic nitrogens is 12. The van der Waals surface area contributed by atoms with E-state index in [-0.39, 0.29) is 58.3 Å². The number of nitrogens with two attached hydrogens (primary N) is 3. The Hall–Kier alpha value is -12.3. The summed E-state index contributed by atoms with van der Waals surface area (Å²) < 4.78 is 49.6. The molecule has 15 rings (SSSR count). The third-order valence-corrected chi connectivity index (χ3v) is 18.5. The van der Waals surface area contributed by atoms with Crippen molar-refractivity contribution in [3.8, 4) is 80.6 Å². The Kier molecular flexibility index (Phi) is 22.8. The fourth-order valence-electron chi connectivity index (χ4n) is 12.5. The molecule has 2 saturated heterocycles. The van der Waals surface area contributed by atoms with Crippen molar-refractivity contribution in [1.82, 2.24) is 73.8 Å². The largest absolute Gasteiger partial charge is 0.457 e. The lowest BCUT2D eigenvalue weighted by atomic mass is 9.92. The predicted molar refractivity (Wildman–Crippen MR) is 398 cm³/mol. The molecule has 1 saturated carbocycles. The number of para-hydroxylation sites is 3. The van der Waals surface area contributed by atoms with Crippen LogP contribution in [0.15, 0.2) is 207 Å². The maximum Gasteiger partial charge on any atom is 0.298 e. The standard InChI is InChI=1S/C25H26N6O3S.C24H22N6O2.C24H20N6O2.3CH4/c1-2-35(32,33)30-18-10-12-19(13-11-18)31-25-22(24(26)27-16-28-25)23(29-31)17-8-14-21(15-9-17)34-20-6-4-3-5-7-20;2*1-2-20(31)29-13-12-17(14-29)30-24-21(23(25)26-15-27-24)22(28-30)16-8-10-19(11-9-16)32-18-6-4-3-5-7-18;;;/h2-9,14-16,18-19,30H,1,10-13H2,(H2,26,27,28);2-11,15,17H,1,12-14H2,(H2,25,26,27);1,3-11,15,17H,12-14H2,(H2,25,26,27);3*1H4. The minimum atomic E-state index is -3.45. The Labute approximate surface area is 591 Å². The quantitative estimate of drug-likeness (QED) is 0.0516. The van der Waals surface area contributed by atoms with Gasteiger partial charge in [0.2, 0.25) is 15.9 Å². The van der Waals surface area contributed by atoms with Crippen LogP contribution in [0.25, 0.3) is 66.9 Å². The molecule has 8 heterocycles. The van der Waals surface area contributed by atoms with Gasteiger partial charge in [0.05, 0.1) is 34.3 Å². The number of nitrogen functional groups attached to an aromatic ring is 3. The molecule has 2 aliphatic heterocycles. The van der Waals surface area contributed by atoms with E-state index in [1.165, 1.54) is 25.1 Å². The van der Waals surface area contributed by atoms with Gasteiger partial charge in [-0.1, -0.05) is 90.0 Å². The summed E-state index contributed by atoms with van der Waals surface area (Å²) in [6.07, 6.45) is 15.4. The van der Waals surface area contributed by atoms with E-state index in [1.807, 2.05) is 178 Å². The van der Waals surface area contributed by atoms with Crippen LogP contribution in [0.2, 0.25) is 0 Å². The number of amides is 2. The maximum absolute atomic E-state index is 12.0. The van der Waals surface area contributed by atoms with E-state index >= 15 is 0 Å². The highest BCUT2D eigenvalue weighted by molar-refractivity contribution is 7.92. The Morgan fingerprint density at radius 1 is 0.471 bits per heavy atom. The van der Waals surface area contributed by atoms with Crippen LogP contribution in [0.5, 0.6) is 34.5 Å². The van der Waals surface area contributed by atoms with Gasteiger partial charge in [0, 0.05) is 54.3 Å². The average Bonchev–Trinajstić information content (AvgIpc) is 1.59.